The molecule has 3 atom stereocenters. The maximum atomic E-state index is 12.0. The number of rotatable bonds is 3. The molecule has 3 nitrogen and oxygen atoms in total. The fraction of sp³-hybridized carbons (Fsp3) is 0.917. The largest absolute Gasteiger partial charge is 0.338 e. The van der Waals surface area contributed by atoms with E-state index in [2.05, 4.69) is 20.8 Å². The highest BCUT2D eigenvalue weighted by molar-refractivity contribution is 5.85. The lowest BCUT2D eigenvalue weighted by atomic mass is 9.94. The zero-order chi connectivity index (χ0) is 11.4. The van der Waals surface area contributed by atoms with Crippen LogP contribution < -0.4 is 5.73 Å². The average molecular weight is 249 g/mol. The van der Waals surface area contributed by atoms with E-state index in [0.717, 1.165) is 25.8 Å². The average Bonchev–Trinajstić information content (AvgIpc) is 2.21. The second kappa shape index (κ2) is 7.13. The van der Waals surface area contributed by atoms with Crippen LogP contribution in [0, 0.1) is 5.92 Å². The highest BCUT2D eigenvalue weighted by Crippen LogP contribution is 2.22. The number of carbonyl (C=O) groups is 1. The molecule has 0 bridgehead atoms. The number of hydrogen-bond donors (Lipinski definition) is 1. The van der Waals surface area contributed by atoms with Crippen molar-refractivity contribution in [3.63, 3.8) is 0 Å². The standard InChI is InChI=1S/C12H24N2O.ClH/c1-4-5-11(13)12(15)14-8-9(2)6-7-10(14)3;/h9-11H,4-8,13H2,1-3H3;1H. The molecule has 0 radical (unpaired) electrons. The molecule has 0 aromatic carbocycles. The molecular formula is C12H25ClN2O. The van der Waals surface area contributed by atoms with Crippen LogP contribution >= 0.6 is 12.4 Å². The Labute approximate surface area is 105 Å². The Bertz CT molecular complexity index is 223. The van der Waals surface area contributed by atoms with Gasteiger partial charge in [0, 0.05) is 12.6 Å². The summed E-state index contributed by atoms with van der Waals surface area (Å²) in [4.78, 5) is 14.0. The van der Waals surface area contributed by atoms with Crippen molar-refractivity contribution in [2.24, 2.45) is 11.7 Å². The van der Waals surface area contributed by atoms with Gasteiger partial charge in [0.2, 0.25) is 5.91 Å². The van der Waals surface area contributed by atoms with E-state index in [9.17, 15) is 4.79 Å². The maximum Gasteiger partial charge on any atom is 0.239 e. The highest BCUT2D eigenvalue weighted by atomic mass is 35.5. The lowest BCUT2D eigenvalue weighted by Gasteiger charge is -2.38. The first-order valence-corrected chi connectivity index (χ1v) is 6.12. The summed E-state index contributed by atoms with van der Waals surface area (Å²) in [5.41, 5.74) is 5.88. The van der Waals surface area contributed by atoms with E-state index < -0.39 is 0 Å². The first kappa shape index (κ1) is 15.7. The quantitative estimate of drug-likeness (QED) is 0.832. The Hall–Kier alpha value is -0.280. The van der Waals surface area contributed by atoms with Gasteiger partial charge < -0.3 is 10.6 Å². The van der Waals surface area contributed by atoms with Gasteiger partial charge in [-0.3, -0.25) is 4.79 Å². The molecule has 0 aromatic heterocycles. The molecule has 2 N–H and O–H groups in total. The van der Waals surface area contributed by atoms with Crippen molar-refractivity contribution in [1.29, 1.82) is 0 Å². The molecule has 1 rings (SSSR count). The zero-order valence-corrected chi connectivity index (χ0v) is 11.4. The molecule has 1 saturated heterocycles. The van der Waals surface area contributed by atoms with E-state index >= 15 is 0 Å². The predicted molar refractivity (Wildman–Crippen MR) is 69.7 cm³/mol. The summed E-state index contributed by atoms with van der Waals surface area (Å²) in [6, 6.07) is 0.0827. The molecule has 1 fully saturated rings. The molecule has 16 heavy (non-hydrogen) atoms. The maximum absolute atomic E-state index is 12.0. The first-order valence-electron chi connectivity index (χ1n) is 6.12. The van der Waals surface area contributed by atoms with Gasteiger partial charge in [-0.2, -0.15) is 0 Å². The van der Waals surface area contributed by atoms with Crippen LogP contribution in [0.25, 0.3) is 0 Å². The van der Waals surface area contributed by atoms with Gasteiger partial charge in [0.1, 0.15) is 0 Å². The number of hydrogen-bond acceptors (Lipinski definition) is 2. The Morgan fingerprint density at radius 1 is 1.44 bits per heavy atom. The Balaban J connectivity index is 0.00000225. The Morgan fingerprint density at radius 2 is 2.06 bits per heavy atom. The van der Waals surface area contributed by atoms with Crippen LogP contribution in [0.4, 0.5) is 0 Å². The summed E-state index contributed by atoms with van der Waals surface area (Å²) in [6.45, 7) is 7.28. The van der Waals surface area contributed by atoms with E-state index in [1.54, 1.807) is 0 Å². The smallest absolute Gasteiger partial charge is 0.239 e. The van der Waals surface area contributed by atoms with Crippen LogP contribution in [-0.4, -0.2) is 29.4 Å². The van der Waals surface area contributed by atoms with Crippen LogP contribution in [0.3, 0.4) is 0 Å². The second-order valence-electron chi connectivity index (χ2n) is 4.92. The van der Waals surface area contributed by atoms with Crippen molar-refractivity contribution in [2.75, 3.05) is 6.54 Å². The van der Waals surface area contributed by atoms with E-state index in [1.807, 2.05) is 4.90 Å². The van der Waals surface area contributed by atoms with Gasteiger partial charge in [-0.25, -0.2) is 0 Å². The van der Waals surface area contributed by atoms with Gasteiger partial charge in [0.25, 0.3) is 0 Å². The molecule has 1 heterocycles. The number of amides is 1. The molecule has 3 unspecified atom stereocenters. The van der Waals surface area contributed by atoms with Crippen LogP contribution in [0.5, 0.6) is 0 Å². The van der Waals surface area contributed by atoms with Crippen LogP contribution in [0.1, 0.15) is 46.5 Å². The van der Waals surface area contributed by atoms with E-state index in [0.29, 0.717) is 12.0 Å². The molecular weight excluding hydrogens is 224 g/mol. The molecule has 4 heteroatoms. The van der Waals surface area contributed by atoms with Crippen LogP contribution in [-0.2, 0) is 4.79 Å². The van der Waals surface area contributed by atoms with Crippen LogP contribution in [0.15, 0.2) is 0 Å². The monoisotopic (exact) mass is 248 g/mol. The molecule has 96 valence electrons. The molecule has 0 saturated carbocycles. The second-order valence-corrected chi connectivity index (χ2v) is 4.92. The number of likely N-dealkylation sites (tertiary alicyclic amines) is 1. The van der Waals surface area contributed by atoms with E-state index in [1.165, 1.54) is 6.42 Å². The Morgan fingerprint density at radius 3 is 2.62 bits per heavy atom. The molecule has 1 aliphatic heterocycles. The molecule has 0 spiro atoms. The van der Waals surface area contributed by atoms with Crippen molar-refractivity contribution >= 4 is 18.3 Å². The zero-order valence-electron chi connectivity index (χ0n) is 10.6. The minimum Gasteiger partial charge on any atom is -0.338 e. The predicted octanol–water partition coefficient (Wildman–Crippen LogP) is 2.18. The number of piperidine rings is 1. The molecule has 0 aliphatic carbocycles. The molecule has 1 amide bonds. The number of nitrogens with zero attached hydrogens (tertiary/aromatic N) is 1. The lowest BCUT2D eigenvalue weighted by molar-refractivity contribution is -0.137. The third kappa shape index (κ3) is 3.95. The minimum absolute atomic E-state index is 0. The van der Waals surface area contributed by atoms with Crippen molar-refractivity contribution in [2.45, 2.75) is 58.5 Å². The van der Waals surface area contributed by atoms with Gasteiger partial charge in [-0.05, 0) is 32.1 Å². The fourth-order valence-corrected chi connectivity index (χ4v) is 2.24. The number of nitrogens with two attached hydrogens (primary N) is 1. The van der Waals surface area contributed by atoms with Crippen molar-refractivity contribution < 1.29 is 4.79 Å². The summed E-state index contributed by atoms with van der Waals surface area (Å²) >= 11 is 0. The minimum atomic E-state index is -0.289. The van der Waals surface area contributed by atoms with Crippen molar-refractivity contribution in [1.82, 2.24) is 4.90 Å². The first-order chi connectivity index (χ1) is 7.06. The van der Waals surface area contributed by atoms with E-state index in [-0.39, 0.29) is 24.4 Å². The number of carbonyl (C=O) groups excluding carboxylic acids is 1. The summed E-state index contributed by atoms with van der Waals surface area (Å²) in [5.74, 6) is 0.773. The molecule has 1 aliphatic rings. The van der Waals surface area contributed by atoms with Crippen LogP contribution in [0.2, 0.25) is 0 Å². The summed E-state index contributed by atoms with van der Waals surface area (Å²) in [5, 5.41) is 0. The summed E-state index contributed by atoms with van der Waals surface area (Å²) in [7, 11) is 0. The topological polar surface area (TPSA) is 46.3 Å². The lowest BCUT2D eigenvalue weighted by Crippen LogP contribution is -2.51. The van der Waals surface area contributed by atoms with Gasteiger partial charge in [0.05, 0.1) is 6.04 Å². The van der Waals surface area contributed by atoms with Gasteiger partial charge in [-0.1, -0.05) is 20.3 Å². The van der Waals surface area contributed by atoms with Crippen molar-refractivity contribution in [3.8, 4) is 0 Å². The highest BCUT2D eigenvalue weighted by Gasteiger charge is 2.29. The molecule has 0 aromatic rings. The summed E-state index contributed by atoms with van der Waals surface area (Å²) < 4.78 is 0. The SMILES string of the molecule is CCCC(N)C(=O)N1CC(C)CCC1C.Cl. The van der Waals surface area contributed by atoms with E-state index in [4.69, 9.17) is 5.73 Å². The van der Waals surface area contributed by atoms with Gasteiger partial charge in [-0.15, -0.1) is 12.4 Å². The third-order valence-corrected chi connectivity index (χ3v) is 3.32. The summed E-state index contributed by atoms with van der Waals surface area (Å²) in [6.07, 6.45) is 4.13. The fourth-order valence-electron chi connectivity index (χ4n) is 2.24. The Kier molecular flexibility index (Phi) is 7.00. The number of halogens is 1. The normalized spacial score (nSPS) is 27.1. The van der Waals surface area contributed by atoms with Gasteiger partial charge in [0.15, 0.2) is 0 Å². The van der Waals surface area contributed by atoms with Gasteiger partial charge >= 0.3 is 0 Å². The third-order valence-electron chi connectivity index (χ3n) is 3.32. The van der Waals surface area contributed by atoms with Crippen molar-refractivity contribution in [3.05, 3.63) is 0 Å².